The van der Waals surface area contributed by atoms with Gasteiger partial charge in [0.05, 0.1) is 32.7 Å². The summed E-state index contributed by atoms with van der Waals surface area (Å²) >= 11 is 2.92. The van der Waals surface area contributed by atoms with Gasteiger partial charge in [-0.25, -0.2) is 4.98 Å². The van der Waals surface area contributed by atoms with Gasteiger partial charge < -0.3 is 15.0 Å². The number of carbonyl (C=O) groups excluding carboxylic acids is 1. The Bertz CT molecular complexity index is 1220. The second kappa shape index (κ2) is 10.9. The first-order chi connectivity index (χ1) is 16.4. The molecule has 1 N–H and O–H groups in total. The van der Waals surface area contributed by atoms with Crippen molar-refractivity contribution < 1.29 is 14.5 Å². The van der Waals surface area contributed by atoms with Gasteiger partial charge in [0.1, 0.15) is 5.69 Å². The maximum atomic E-state index is 12.1. The smallest absolute Gasteiger partial charge is 0.293 e. The topological polar surface area (TPSA) is 110 Å². The third kappa shape index (κ3) is 6.10. The molecule has 0 radical (unpaired) electrons. The zero-order valence-electron chi connectivity index (χ0n) is 18.9. The first-order valence-electron chi connectivity index (χ1n) is 10.8. The molecular formula is C23H25N5O4S2. The van der Waals surface area contributed by atoms with E-state index in [1.807, 2.05) is 18.2 Å². The Morgan fingerprint density at radius 1 is 1.38 bits per heavy atom. The lowest BCUT2D eigenvalue weighted by molar-refractivity contribution is -0.384. The number of thiazole rings is 1. The van der Waals surface area contributed by atoms with Gasteiger partial charge >= 0.3 is 0 Å². The highest BCUT2D eigenvalue weighted by Crippen LogP contribution is 2.32. The number of anilines is 1. The van der Waals surface area contributed by atoms with Crippen LogP contribution >= 0.6 is 23.1 Å². The van der Waals surface area contributed by atoms with Gasteiger partial charge in [-0.2, -0.15) is 0 Å². The summed E-state index contributed by atoms with van der Waals surface area (Å²) in [6.07, 6.45) is 3.79. The Kier molecular flexibility index (Phi) is 7.76. The van der Waals surface area contributed by atoms with Crippen molar-refractivity contribution in [3.8, 4) is 0 Å². The molecule has 0 aliphatic carbocycles. The standard InChI is InChI=1S/C23H25N5O4S2/c1-27(2)19-8-5-15(10-20(19)28(30)31)12-24-16-6-7-18-21(11-16)34-23(26-18)33-14-22(29)25-13-17-4-3-9-32-17/h5-8,10-12,17H,3-4,9,13-14H2,1-2H3,(H,25,29)/t17-/m0/s1. The van der Waals surface area contributed by atoms with Gasteiger partial charge in [0.15, 0.2) is 4.34 Å². The first kappa shape index (κ1) is 24.1. The SMILES string of the molecule is CN(C)c1ccc(C=Nc2ccc3nc(SCC(=O)NC[C@@H]4CCCO4)sc3c2)cc1[N+](=O)[O-]. The van der Waals surface area contributed by atoms with Gasteiger partial charge in [-0.1, -0.05) is 17.8 Å². The van der Waals surface area contributed by atoms with Crippen molar-refractivity contribution in [2.45, 2.75) is 23.3 Å². The molecule has 2 heterocycles. The monoisotopic (exact) mass is 499 g/mol. The molecule has 0 saturated carbocycles. The van der Waals surface area contributed by atoms with E-state index < -0.39 is 4.92 Å². The molecule has 9 nitrogen and oxygen atoms in total. The van der Waals surface area contributed by atoms with Crippen LogP contribution in [0.3, 0.4) is 0 Å². The second-order valence-electron chi connectivity index (χ2n) is 8.02. The number of nitro benzene ring substituents is 1. The number of aliphatic imine (C=N–C) groups is 1. The van der Waals surface area contributed by atoms with E-state index in [2.05, 4.69) is 15.3 Å². The van der Waals surface area contributed by atoms with E-state index in [1.165, 1.54) is 29.2 Å². The molecule has 1 fully saturated rings. The fourth-order valence-electron chi connectivity index (χ4n) is 3.54. The number of thioether (sulfide) groups is 1. The quantitative estimate of drug-likeness (QED) is 0.201. The van der Waals surface area contributed by atoms with Crippen molar-refractivity contribution in [3.63, 3.8) is 0 Å². The van der Waals surface area contributed by atoms with Crippen molar-refractivity contribution in [3.05, 3.63) is 52.1 Å². The second-order valence-corrected chi connectivity index (χ2v) is 10.3. The summed E-state index contributed by atoms with van der Waals surface area (Å²) in [6, 6.07) is 10.7. The largest absolute Gasteiger partial charge is 0.376 e. The summed E-state index contributed by atoms with van der Waals surface area (Å²) in [5, 5.41) is 14.3. The van der Waals surface area contributed by atoms with Crippen LogP contribution in [0.1, 0.15) is 18.4 Å². The van der Waals surface area contributed by atoms with Crippen LogP contribution in [0.2, 0.25) is 0 Å². The molecular weight excluding hydrogens is 474 g/mol. The minimum atomic E-state index is -0.391. The summed E-state index contributed by atoms with van der Waals surface area (Å²) in [5.74, 6) is 0.277. The number of nitrogens with zero attached hydrogens (tertiary/aromatic N) is 4. The predicted octanol–water partition coefficient (Wildman–Crippen LogP) is 4.41. The molecule has 1 aromatic heterocycles. The van der Waals surface area contributed by atoms with E-state index in [-0.39, 0.29) is 17.7 Å². The van der Waals surface area contributed by atoms with E-state index in [0.29, 0.717) is 23.5 Å². The third-order valence-electron chi connectivity index (χ3n) is 5.27. The molecule has 1 aliphatic rings. The molecule has 0 spiro atoms. The van der Waals surface area contributed by atoms with E-state index in [1.54, 1.807) is 37.3 Å². The fourth-order valence-corrected chi connectivity index (χ4v) is 5.47. The molecule has 3 aromatic rings. The van der Waals surface area contributed by atoms with Crippen LogP contribution in [0.4, 0.5) is 17.1 Å². The predicted molar refractivity (Wildman–Crippen MR) is 137 cm³/mol. The van der Waals surface area contributed by atoms with Crippen LogP contribution in [-0.4, -0.2) is 61.1 Å². The number of nitro groups is 1. The molecule has 0 bridgehead atoms. The summed E-state index contributed by atoms with van der Waals surface area (Å²) in [5.41, 5.74) is 2.79. The zero-order chi connectivity index (χ0) is 24.1. The summed E-state index contributed by atoms with van der Waals surface area (Å²) < 4.78 is 7.30. The number of carbonyl (C=O) groups is 1. The molecule has 4 rings (SSSR count). The Labute approximate surface area is 205 Å². The summed E-state index contributed by atoms with van der Waals surface area (Å²) in [4.78, 5) is 33.9. The van der Waals surface area contributed by atoms with Gasteiger partial charge in [-0.05, 0) is 42.7 Å². The molecule has 34 heavy (non-hydrogen) atoms. The summed E-state index contributed by atoms with van der Waals surface area (Å²) in [7, 11) is 3.54. The molecule has 1 amide bonds. The normalized spacial score (nSPS) is 15.8. The number of benzene rings is 2. The van der Waals surface area contributed by atoms with Crippen molar-refractivity contribution in [1.29, 1.82) is 0 Å². The van der Waals surface area contributed by atoms with Crippen LogP contribution in [0.25, 0.3) is 10.2 Å². The maximum absolute atomic E-state index is 12.1. The van der Waals surface area contributed by atoms with Gasteiger partial charge in [0.2, 0.25) is 5.91 Å². The minimum absolute atomic E-state index is 0.0283. The highest BCUT2D eigenvalue weighted by molar-refractivity contribution is 8.01. The molecule has 11 heteroatoms. The van der Waals surface area contributed by atoms with Crippen LogP contribution < -0.4 is 10.2 Å². The van der Waals surface area contributed by atoms with Crippen molar-refractivity contribution in [1.82, 2.24) is 10.3 Å². The number of hydrogen-bond acceptors (Lipinski definition) is 9. The van der Waals surface area contributed by atoms with Gasteiger partial charge in [-0.15, -0.1) is 11.3 Å². The van der Waals surface area contributed by atoms with Crippen LogP contribution in [-0.2, 0) is 9.53 Å². The number of aromatic nitrogens is 1. The Morgan fingerprint density at radius 3 is 2.97 bits per heavy atom. The van der Waals surface area contributed by atoms with E-state index in [0.717, 1.165) is 39.7 Å². The lowest BCUT2D eigenvalue weighted by atomic mass is 10.1. The van der Waals surface area contributed by atoms with Crippen LogP contribution in [0, 0.1) is 10.1 Å². The van der Waals surface area contributed by atoms with Gasteiger partial charge in [0, 0.05) is 39.5 Å². The highest BCUT2D eigenvalue weighted by Gasteiger charge is 2.17. The first-order valence-corrected chi connectivity index (χ1v) is 12.6. The van der Waals surface area contributed by atoms with E-state index in [4.69, 9.17) is 4.74 Å². The van der Waals surface area contributed by atoms with Gasteiger partial charge in [-0.3, -0.25) is 19.9 Å². The minimum Gasteiger partial charge on any atom is -0.376 e. The number of ether oxygens (including phenoxy) is 1. The molecule has 0 unspecified atom stereocenters. The molecule has 1 aliphatic heterocycles. The number of nitrogens with one attached hydrogen (secondary N) is 1. The number of amides is 1. The highest BCUT2D eigenvalue weighted by atomic mass is 32.2. The maximum Gasteiger partial charge on any atom is 0.293 e. The Balaban J connectivity index is 1.39. The Hall–Kier alpha value is -3.02. The molecule has 2 aromatic carbocycles. The molecule has 178 valence electrons. The van der Waals surface area contributed by atoms with Crippen LogP contribution in [0.5, 0.6) is 0 Å². The lowest BCUT2D eigenvalue weighted by Gasteiger charge is -2.12. The van der Waals surface area contributed by atoms with Gasteiger partial charge in [0.25, 0.3) is 5.69 Å². The molecule has 1 saturated heterocycles. The number of fused-ring (bicyclic) bond motifs is 1. The van der Waals surface area contributed by atoms with Crippen molar-refractivity contribution in [2.24, 2.45) is 4.99 Å². The summed E-state index contributed by atoms with van der Waals surface area (Å²) in [6.45, 7) is 1.33. The fraction of sp³-hybridized carbons (Fsp3) is 0.348. The lowest BCUT2D eigenvalue weighted by Crippen LogP contribution is -2.32. The third-order valence-corrected chi connectivity index (χ3v) is 7.43. The average Bonchev–Trinajstić information content (AvgIpc) is 3.49. The average molecular weight is 500 g/mol. The molecule has 1 atom stereocenters. The van der Waals surface area contributed by atoms with E-state index >= 15 is 0 Å². The zero-order valence-corrected chi connectivity index (χ0v) is 20.5. The van der Waals surface area contributed by atoms with Crippen molar-refractivity contribution in [2.75, 3.05) is 37.9 Å². The number of hydrogen-bond donors (Lipinski definition) is 1. The van der Waals surface area contributed by atoms with Crippen molar-refractivity contribution >= 4 is 62.5 Å². The van der Waals surface area contributed by atoms with Crippen LogP contribution in [0.15, 0.2) is 45.7 Å². The van der Waals surface area contributed by atoms with E-state index in [9.17, 15) is 14.9 Å². The number of rotatable bonds is 9. The Morgan fingerprint density at radius 2 is 2.24 bits per heavy atom.